The number of hydrogen-bond acceptors (Lipinski definition) is 1. The van der Waals surface area contributed by atoms with Gasteiger partial charge in [0.25, 0.3) is 0 Å². The second-order valence-corrected chi connectivity index (χ2v) is 8.64. The second-order valence-electron chi connectivity index (χ2n) is 8.64. The second kappa shape index (κ2) is 10.7. The highest BCUT2D eigenvalue weighted by Gasteiger charge is 2.14. The Morgan fingerprint density at radius 1 is 0.800 bits per heavy atom. The van der Waals surface area contributed by atoms with E-state index >= 15 is 0 Å². The molecule has 0 aromatic heterocycles. The Morgan fingerprint density at radius 2 is 1.45 bits per heavy atom. The molecular weight excluding hydrogens is 242 g/mol. The minimum absolute atomic E-state index is 0.478. The van der Waals surface area contributed by atoms with Gasteiger partial charge < -0.3 is 5.32 Å². The lowest BCUT2D eigenvalue weighted by Crippen LogP contribution is -2.20. The lowest BCUT2D eigenvalue weighted by atomic mass is 9.84. The lowest BCUT2D eigenvalue weighted by Gasteiger charge is -2.23. The van der Waals surface area contributed by atoms with Gasteiger partial charge in [0, 0.05) is 0 Å². The van der Waals surface area contributed by atoms with E-state index in [9.17, 15) is 0 Å². The molecule has 0 aliphatic carbocycles. The molecule has 122 valence electrons. The van der Waals surface area contributed by atoms with Crippen LogP contribution in [0.3, 0.4) is 0 Å². The Balaban J connectivity index is 3.36. The fourth-order valence-electron chi connectivity index (χ4n) is 3.29. The summed E-state index contributed by atoms with van der Waals surface area (Å²) in [6.45, 7) is 18.9. The van der Waals surface area contributed by atoms with Crippen molar-refractivity contribution >= 4 is 0 Å². The molecule has 0 aromatic rings. The number of rotatable bonds is 11. The summed E-state index contributed by atoms with van der Waals surface area (Å²) in [4.78, 5) is 0. The molecule has 0 amide bonds. The van der Waals surface area contributed by atoms with Crippen molar-refractivity contribution < 1.29 is 0 Å². The van der Waals surface area contributed by atoms with Crippen LogP contribution in [0, 0.1) is 23.2 Å². The average molecular weight is 284 g/mol. The summed E-state index contributed by atoms with van der Waals surface area (Å²) < 4.78 is 0. The SMILES string of the molecule is CC(C)CC(C)CCCCNCCC(C)CC(C)(C)C. The zero-order chi connectivity index (χ0) is 15.6. The van der Waals surface area contributed by atoms with E-state index in [-0.39, 0.29) is 0 Å². The minimum atomic E-state index is 0.478. The van der Waals surface area contributed by atoms with Crippen molar-refractivity contribution in [1.82, 2.24) is 5.32 Å². The first-order valence-corrected chi connectivity index (χ1v) is 8.91. The number of nitrogens with one attached hydrogen (secondary N) is 1. The van der Waals surface area contributed by atoms with Gasteiger partial charge in [-0.05, 0) is 61.9 Å². The van der Waals surface area contributed by atoms with E-state index in [0.29, 0.717) is 5.41 Å². The molecule has 1 N–H and O–H groups in total. The van der Waals surface area contributed by atoms with Crippen LogP contribution in [0.15, 0.2) is 0 Å². The monoisotopic (exact) mass is 283 g/mol. The Morgan fingerprint density at radius 3 is 2.00 bits per heavy atom. The molecule has 1 heteroatoms. The van der Waals surface area contributed by atoms with Gasteiger partial charge >= 0.3 is 0 Å². The Labute approximate surface area is 129 Å². The number of hydrogen-bond donors (Lipinski definition) is 1. The molecule has 1 nitrogen and oxygen atoms in total. The van der Waals surface area contributed by atoms with Crippen molar-refractivity contribution in [2.45, 2.75) is 87.0 Å². The van der Waals surface area contributed by atoms with E-state index < -0.39 is 0 Å². The van der Waals surface area contributed by atoms with Crippen LogP contribution in [0.5, 0.6) is 0 Å². The third kappa shape index (κ3) is 14.4. The molecule has 0 saturated heterocycles. The molecule has 0 bridgehead atoms. The summed E-state index contributed by atoms with van der Waals surface area (Å²) in [7, 11) is 0. The van der Waals surface area contributed by atoms with Crippen LogP contribution in [0.25, 0.3) is 0 Å². The van der Waals surface area contributed by atoms with Crippen LogP contribution in [0.2, 0.25) is 0 Å². The molecule has 0 aliphatic heterocycles. The van der Waals surface area contributed by atoms with Crippen LogP contribution in [-0.4, -0.2) is 13.1 Å². The third-order valence-corrected chi connectivity index (χ3v) is 3.95. The Kier molecular flexibility index (Phi) is 10.6. The van der Waals surface area contributed by atoms with Gasteiger partial charge in [-0.1, -0.05) is 61.3 Å². The van der Waals surface area contributed by atoms with E-state index in [0.717, 1.165) is 17.8 Å². The van der Waals surface area contributed by atoms with Crippen molar-refractivity contribution in [2.24, 2.45) is 23.2 Å². The van der Waals surface area contributed by atoms with Gasteiger partial charge in [-0.2, -0.15) is 0 Å². The third-order valence-electron chi connectivity index (χ3n) is 3.95. The Hall–Kier alpha value is -0.0400. The van der Waals surface area contributed by atoms with Gasteiger partial charge in [0.15, 0.2) is 0 Å². The molecule has 2 atom stereocenters. The average Bonchev–Trinajstić information content (AvgIpc) is 2.24. The smallest absolute Gasteiger partial charge is 0.00464 e. The molecule has 0 fully saturated rings. The fraction of sp³-hybridized carbons (Fsp3) is 1.00. The van der Waals surface area contributed by atoms with Crippen LogP contribution >= 0.6 is 0 Å². The highest BCUT2D eigenvalue weighted by Crippen LogP contribution is 2.25. The molecule has 0 aliphatic rings. The highest BCUT2D eigenvalue weighted by atomic mass is 14.8. The number of unbranched alkanes of at least 4 members (excludes halogenated alkanes) is 1. The topological polar surface area (TPSA) is 12.0 Å². The van der Waals surface area contributed by atoms with E-state index in [1.54, 1.807) is 0 Å². The summed E-state index contributed by atoms with van der Waals surface area (Å²) >= 11 is 0. The summed E-state index contributed by atoms with van der Waals surface area (Å²) in [6.07, 6.45) is 8.18. The molecule has 2 unspecified atom stereocenters. The summed E-state index contributed by atoms with van der Waals surface area (Å²) in [5.74, 6) is 2.60. The van der Waals surface area contributed by atoms with Crippen LogP contribution < -0.4 is 5.32 Å². The van der Waals surface area contributed by atoms with Gasteiger partial charge in [-0.15, -0.1) is 0 Å². The summed E-state index contributed by atoms with van der Waals surface area (Å²) in [6, 6.07) is 0. The molecule has 0 heterocycles. The normalized spacial score (nSPS) is 15.6. The van der Waals surface area contributed by atoms with Gasteiger partial charge in [-0.25, -0.2) is 0 Å². The zero-order valence-electron chi connectivity index (χ0n) is 15.4. The van der Waals surface area contributed by atoms with Crippen LogP contribution in [0.1, 0.15) is 87.0 Å². The maximum Gasteiger partial charge on any atom is -0.00464 e. The molecule has 0 saturated carbocycles. The van der Waals surface area contributed by atoms with Gasteiger partial charge in [-0.3, -0.25) is 0 Å². The van der Waals surface area contributed by atoms with Gasteiger partial charge in [0.2, 0.25) is 0 Å². The van der Waals surface area contributed by atoms with Crippen LogP contribution in [-0.2, 0) is 0 Å². The molecule has 0 radical (unpaired) electrons. The Bertz CT molecular complexity index is 214. The van der Waals surface area contributed by atoms with Crippen molar-refractivity contribution in [3.05, 3.63) is 0 Å². The highest BCUT2D eigenvalue weighted by molar-refractivity contribution is 4.67. The van der Waals surface area contributed by atoms with Gasteiger partial charge in [0.1, 0.15) is 0 Å². The molecule has 20 heavy (non-hydrogen) atoms. The minimum Gasteiger partial charge on any atom is -0.317 e. The van der Waals surface area contributed by atoms with Crippen LogP contribution in [0.4, 0.5) is 0 Å². The van der Waals surface area contributed by atoms with Crippen molar-refractivity contribution in [3.8, 4) is 0 Å². The van der Waals surface area contributed by atoms with E-state index in [1.807, 2.05) is 0 Å². The predicted molar refractivity (Wildman–Crippen MR) is 93.2 cm³/mol. The molecule has 0 aromatic carbocycles. The van der Waals surface area contributed by atoms with Crippen molar-refractivity contribution in [3.63, 3.8) is 0 Å². The summed E-state index contributed by atoms with van der Waals surface area (Å²) in [5, 5.41) is 3.62. The first-order chi connectivity index (χ1) is 9.20. The molecule has 0 spiro atoms. The standard InChI is InChI=1S/C19H41N/c1-16(2)14-17(3)10-8-9-12-20-13-11-18(4)15-19(5,6)7/h16-18,20H,8-15H2,1-7H3. The predicted octanol–water partition coefficient (Wildman–Crippen LogP) is 5.89. The van der Waals surface area contributed by atoms with Crippen molar-refractivity contribution in [2.75, 3.05) is 13.1 Å². The maximum absolute atomic E-state index is 3.62. The first kappa shape index (κ1) is 20.0. The van der Waals surface area contributed by atoms with E-state index in [4.69, 9.17) is 0 Å². The fourth-order valence-corrected chi connectivity index (χ4v) is 3.29. The largest absolute Gasteiger partial charge is 0.317 e. The van der Waals surface area contributed by atoms with E-state index in [2.05, 4.69) is 53.8 Å². The van der Waals surface area contributed by atoms with Gasteiger partial charge in [0.05, 0.1) is 0 Å². The van der Waals surface area contributed by atoms with Crippen molar-refractivity contribution in [1.29, 1.82) is 0 Å². The quantitative estimate of drug-likeness (QED) is 0.466. The molecular formula is C19H41N. The maximum atomic E-state index is 3.62. The first-order valence-electron chi connectivity index (χ1n) is 8.91. The van der Waals surface area contributed by atoms with E-state index in [1.165, 1.54) is 51.6 Å². The zero-order valence-corrected chi connectivity index (χ0v) is 15.4. The summed E-state index contributed by atoms with van der Waals surface area (Å²) in [5.41, 5.74) is 0.478. The lowest BCUT2D eigenvalue weighted by molar-refractivity contribution is 0.294. The molecule has 0 rings (SSSR count).